The first-order valence-electron chi connectivity index (χ1n) is 4.83. The van der Waals surface area contributed by atoms with Crippen molar-refractivity contribution >= 4 is 12.1 Å². The Hall–Kier alpha value is -1.85. The van der Waals surface area contributed by atoms with E-state index in [9.17, 15) is 9.59 Å². The van der Waals surface area contributed by atoms with Crippen molar-refractivity contribution in [2.75, 3.05) is 0 Å². The third-order valence-electron chi connectivity index (χ3n) is 1.66. The van der Waals surface area contributed by atoms with Crippen molar-refractivity contribution in [3.8, 4) is 0 Å². The second-order valence-electron chi connectivity index (χ2n) is 3.43. The van der Waals surface area contributed by atoms with Gasteiger partial charge in [0.25, 0.3) is 0 Å². The molecule has 6 heteroatoms. The Morgan fingerprint density at radius 2 is 2.00 bits per heavy atom. The highest BCUT2D eigenvalue weighted by atomic mass is 16.7. The normalized spacial score (nSPS) is 12.2. The Bertz CT molecular complexity index is 359. The fourth-order valence-electron chi connectivity index (χ4n) is 0.852. The topological polar surface area (TPSA) is 70.4 Å². The lowest BCUT2D eigenvalue weighted by molar-refractivity contribution is -0.168. The molecule has 1 radical (unpaired) electrons. The predicted molar refractivity (Wildman–Crippen MR) is 53.3 cm³/mol. The molecule has 0 saturated carbocycles. The van der Waals surface area contributed by atoms with E-state index in [1.54, 1.807) is 13.8 Å². The van der Waals surface area contributed by atoms with Crippen LogP contribution in [0.5, 0.6) is 0 Å². The van der Waals surface area contributed by atoms with Gasteiger partial charge in [-0.05, 0) is 0 Å². The molecule has 6 nitrogen and oxygen atoms in total. The molecular formula is C10H13N2O4. The van der Waals surface area contributed by atoms with E-state index in [1.165, 1.54) is 19.3 Å². The summed E-state index contributed by atoms with van der Waals surface area (Å²) in [5.41, 5.74) is 0. The summed E-state index contributed by atoms with van der Waals surface area (Å²) in [7, 11) is 0. The first-order chi connectivity index (χ1) is 7.50. The van der Waals surface area contributed by atoms with E-state index in [2.05, 4.69) is 11.2 Å². The van der Waals surface area contributed by atoms with Crippen LogP contribution in [-0.2, 0) is 14.3 Å². The number of hydrogen-bond acceptors (Lipinski definition) is 5. The van der Waals surface area contributed by atoms with E-state index in [0.29, 0.717) is 0 Å². The fourth-order valence-corrected chi connectivity index (χ4v) is 0.852. The van der Waals surface area contributed by atoms with Gasteiger partial charge in [0.15, 0.2) is 0 Å². The summed E-state index contributed by atoms with van der Waals surface area (Å²) < 4.78 is 10.6. The molecule has 87 valence electrons. The van der Waals surface area contributed by atoms with Gasteiger partial charge < -0.3 is 9.47 Å². The van der Waals surface area contributed by atoms with Crippen molar-refractivity contribution in [3.05, 3.63) is 18.5 Å². The SMILES string of the molecule is CC(OC(=O)C(C)C)OC(=O)n1c[c]cn1. The molecule has 0 N–H and O–H groups in total. The molecule has 1 aromatic rings. The Morgan fingerprint density at radius 3 is 2.50 bits per heavy atom. The van der Waals surface area contributed by atoms with Gasteiger partial charge in [0.2, 0.25) is 6.29 Å². The number of hydrogen-bond donors (Lipinski definition) is 0. The van der Waals surface area contributed by atoms with E-state index in [4.69, 9.17) is 9.47 Å². The highest BCUT2D eigenvalue weighted by molar-refractivity contribution is 5.72. The van der Waals surface area contributed by atoms with Gasteiger partial charge in [-0.2, -0.15) is 9.78 Å². The number of esters is 1. The van der Waals surface area contributed by atoms with Crippen LogP contribution in [0, 0.1) is 12.0 Å². The molecule has 1 unspecified atom stereocenters. The van der Waals surface area contributed by atoms with Crippen LogP contribution < -0.4 is 0 Å². The predicted octanol–water partition coefficient (Wildman–Crippen LogP) is 1.21. The molecule has 0 aromatic carbocycles. The van der Waals surface area contributed by atoms with Crippen molar-refractivity contribution in [1.29, 1.82) is 0 Å². The van der Waals surface area contributed by atoms with Crippen LogP contribution in [0.25, 0.3) is 0 Å². The first kappa shape index (κ1) is 12.2. The summed E-state index contributed by atoms with van der Waals surface area (Å²) in [6, 6.07) is 2.59. The van der Waals surface area contributed by atoms with Crippen LogP contribution in [0.1, 0.15) is 20.8 Å². The van der Waals surface area contributed by atoms with Crippen molar-refractivity contribution in [3.63, 3.8) is 0 Å². The third kappa shape index (κ3) is 3.38. The van der Waals surface area contributed by atoms with Gasteiger partial charge in [-0.25, -0.2) is 4.79 Å². The smallest absolute Gasteiger partial charge is 0.425 e. The molecule has 0 aliphatic carbocycles. The minimum Gasteiger partial charge on any atom is -0.425 e. The maximum Gasteiger partial charge on any atom is 0.437 e. The fraction of sp³-hybridized carbons (Fsp3) is 0.500. The van der Waals surface area contributed by atoms with Gasteiger partial charge in [-0.3, -0.25) is 4.79 Å². The molecule has 1 aromatic heterocycles. The minimum absolute atomic E-state index is 0.265. The molecule has 0 saturated heterocycles. The minimum atomic E-state index is -0.938. The molecule has 0 spiro atoms. The van der Waals surface area contributed by atoms with Gasteiger partial charge in [-0.15, -0.1) is 0 Å². The van der Waals surface area contributed by atoms with Gasteiger partial charge in [0.05, 0.1) is 12.1 Å². The highest BCUT2D eigenvalue weighted by Gasteiger charge is 2.17. The molecular weight excluding hydrogens is 212 g/mol. The van der Waals surface area contributed by atoms with Gasteiger partial charge >= 0.3 is 12.1 Å². The number of aromatic nitrogens is 2. The Balaban J connectivity index is 2.43. The second-order valence-corrected chi connectivity index (χ2v) is 3.43. The first-order valence-corrected chi connectivity index (χ1v) is 4.83. The van der Waals surface area contributed by atoms with E-state index in [1.807, 2.05) is 0 Å². The maximum absolute atomic E-state index is 11.3. The van der Waals surface area contributed by atoms with Crippen molar-refractivity contribution in [2.24, 2.45) is 5.92 Å². The van der Waals surface area contributed by atoms with Crippen LogP contribution in [0.2, 0.25) is 0 Å². The summed E-state index contributed by atoms with van der Waals surface area (Å²) in [4.78, 5) is 22.5. The van der Waals surface area contributed by atoms with Crippen LogP contribution in [-0.4, -0.2) is 28.1 Å². The third-order valence-corrected chi connectivity index (χ3v) is 1.66. The summed E-state index contributed by atoms with van der Waals surface area (Å²) in [5.74, 6) is -0.688. The van der Waals surface area contributed by atoms with Crippen LogP contribution >= 0.6 is 0 Å². The average molecular weight is 225 g/mol. The molecule has 0 fully saturated rings. The summed E-state index contributed by atoms with van der Waals surface area (Å²) >= 11 is 0. The van der Waals surface area contributed by atoms with Crippen LogP contribution in [0.15, 0.2) is 12.4 Å². The van der Waals surface area contributed by atoms with E-state index in [0.717, 1.165) is 4.68 Å². The molecule has 1 rings (SSSR count). The zero-order valence-electron chi connectivity index (χ0n) is 9.34. The summed E-state index contributed by atoms with van der Waals surface area (Å²) in [6.07, 6.45) is 0.989. The number of nitrogens with zero attached hydrogens (tertiary/aromatic N) is 2. The molecule has 0 amide bonds. The van der Waals surface area contributed by atoms with Crippen molar-refractivity contribution in [2.45, 2.75) is 27.1 Å². The molecule has 0 aliphatic heterocycles. The average Bonchev–Trinajstić information content (AvgIpc) is 2.69. The number of carbonyl (C=O) groups excluding carboxylic acids is 2. The molecule has 0 bridgehead atoms. The van der Waals surface area contributed by atoms with E-state index >= 15 is 0 Å². The summed E-state index contributed by atoms with van der Waals surface area (Å²) in [6.45, 7) is 4.85. The van der Waals surface area contributed by atoms with Gasteiger partial charge in [0, 0.05) is 19.2 Å². The van der Waals surface area contributed by atoms with Crippen LogP contribution in [0.4, 0.5) is 4.79 Å². The standard InChI is InChI=1S/C10H13N2O4/c1-7(2)9(13)15-8(3)16-10(14)12-6-4-5-11-12/h5-8H,1-3H3. The maximum atomic E-state index is 11.3. The van der Waals surface area contributed by atoms with Crippen molar-refractivity contribution < 1.29 is 19.1 Å². The zero-order chi connectivity index (χ0) is 12.1. The summed E-state index contributed by atoms with van der Waals surface area (Å²) in [5, 5.41) is 3.63. The van der Waals surface area contributed by atoms with Crippen LogP contribution in [0.3, 0.4) is 0 Å². The lowest BCUT2D eigenvalue weighted by Crippen LogP contribution is -2.26. The zero-order valence-corrected chi connectivity index (χ0v) is 9.34. The number of rotatable bonds is 3. The number of carbonyl (C=O) groups is 2. The largest absolute Gasteiger partial charge is 0.437 e. The van der Waals surface area contributed by atoms with Crippen molar-refractivity contribution in [1.82, 2.24) is 9.78 Å². The quantitative estimate of drug-likeness (QED) is 0.571. The monoisotopic (exact) mass is 225 g/mol. The molecule has 1 heterocycles. The lowest BCUT2D eigenvalue weighted by Gasteiger charge is -2.14. The molecule has 16 heavy (non-hydrogen) atoms. The second kappa shape index (κ2) is 5.29. The van der Waals surface area contributed by atoms with E-state index < -0.39 is 18.4 Å². The Labute approximate surface area is 93.1 Å². The van der Waals surface area contributed by atoms with Gasteiger partial charge in [-0.1, -0.05) is 13.8 Å². The lowest BCUT2D eigenvalue weighted by atomic mass is 10.2. The Morgan fingerprint density at radius 1 is 1.31 bits per heavy atom. The van der Waals surface area contributed by atoms with Gasteiger partial charge in [0.1, 0.15) is 0 Å². The number of ether oxygens (including phenoxy) is 2. The Kier molecular flexibility index (Phi) is 4.04. The highest BCUT2D eigenvalue weighted by Crippen LogP contribution is 2.03. The molecule has 1 atom stereocenters. The molecule has 0 aliphatic rings. The van der Waals surface area contributed by atoms with E-state index in [-0.39, 0.29) is 5.92 Å².